The molecule has 1 aliphatic heterocycles. The number of fused-ring (bicyclic) bond motifs is 1. The van der Waals surface area contributed by atoms with Crippen LogP contribution in [-0.4, -0.2) is 47.6 Å². The molecule has 0 atom stereocenters. The van der Waals surface area contributed by atoms with Gasteiger partial charge in [-0.1, -0.05) is 18.2 Å². The summed E-state index contributed by atoms with van der Waals surface area (Å²) in [7, 11) is 3.43. The van der Waals surface area contributed by atoms with Crippen molar-refractivity contribution in [2.45, 2.75) is 19.9 Å². The lowest BCUT2D eigenvalue weighted by Gasteiger charge is -2.22. The van der Waals surface area contributed by atoms with Gasteiger partial charge in [0.25, 0.3) is 5.56 Å². The van der Waals surface area contributed by atoms with Gasteiger partial charge in [0.05, 0.1) is 23.9 Å². The molecule has 4 rings (SSSR count). The number of nitrogens with one attached hydrogen (secondary N) is 1. The summed E-state index contributed by atoms with van der Waals surface area (Å²) in [5.74, 6) is -0.383. The van der Waals surface area contributed by atoms with Crippen LogP contribution in [0.4, 0.5) is 5.00 Å². The van der Waals surface area contributed by atoms with Gasteiger partial charge in [-0.05, 0) is 38.1 Å². The summed E-state index contributed by atoms with van der Waals surface area (Å²) in [5.41, 5.74) is 3.28. The molecule has 8 heteroatoms. The molecule has 0 saturated heterocycles. The van der Waals surface area contributed by atoms with Crippen LogP contribution in [0.15, 0.2) is 40.1 Å². The van der Waals surface area contributed by atoms with Crippen LogP contribution in [0.2, 0.25) is 0 Å². The number of carbonyl (C=O) groups is 1. The van der Waals surface area contributed by atoms with E-state index in [4.69, 9.17) is 4.74 Å². The Morgan fingerprint density at radius 1 is 1.31 bits per heavy atom. The number of nitrogens with zero attached hydrogens (tertiary/aromatic N) is 3. The molecule has 1 aliphatic rings. The number of esters is 1. The molecule has 0 radical (unpaired) electrons. The molecule has 150 valence electrons. The third-order valence-corrected chi connectivity index (χ3v) is 6.19. The van der Waals surface area contributed by atoms with Gasteiger partial charge < -0.3 is 9.64 Å². The van der Waals surface area contributed by atoms with Crippen LogP contribution in [0.5, 0.6) is 0 Å². The minimum absolute atomic E-state index is 0.182. The summed E-state index contributed by atoms with van der Waals surface area (Å²) >= 11 is 1.48. The van der Waals surface area contributed by atoms with Gasteiger partial charge >= 0.3 is 5.97 Å². The van der Waals surface area contributed by atoms with Gasteiger partial charge in [0.2, 0.25) is 0 Å². The van der Waals surface area contributed by atoms with Crippen molar-refractivity contribution in [3.8, 4) is 5.69 Å². The highest BCUT2D eigenvalue weighted by atomic mass is 32.1. The predicted molar refractivity (Wildman–Crippen MR) is 114 cm³/mol. The maximum absolute atomic E-state index is 12.9. The van der Waals surface area contributed by atoms with Crippen molar-refractivity contribution >= 4 is 28.5 Å². The number of benzene rings is 1. The molecule has 0 saturated carbocycles. The Morgan fingerprint density at radius 3 is 2.79 bits per heavy atom. The first-order valence-electron chi connectivity index (χ1n) is 9.32. The molecule has 3 aromatic rings. The Morgan fingerprint density at radius 2 is 2.07 bits per heavy atom. The van der Waals surface area contributed by atoms with Gasteiger partial charge in [0, 0.05) is 29.9 Å². The number of H-pyrrole nitrogens is 1. The number of aromatic nitrogens is 2. The number of hydrogen-bond donors (Lipinski definition) is 1. The molecule has 0 bridgehead atoms. The first kappa shape index (κ1) is 19.4. The molecule has 1 aromatic carbocycles. The van der Waals surface area contributed by atoms with E-state index in [1.165, 1.54) is 23.1 Å². The fourth-order valence-corrected chi connectivity index (χ4v) is 4.77. The molecule has 29 heavy (non-hydrogen) atoms. The van der Waals surface area contributed by atoms with Gasteiger partial charge in [-0.25, -0.2) is 14.5 Å². The number of aliphatic imine (C=N–C) groups is 1. The molecule has 3 heterocycles. The van der Waals surface area contributed by atoms with E-state index < -0.39 is 0 Å². The van der Waals surface area contributed by atoms with Crippen molar-refractivity contribution in [1.29, 1.82) is 0 Å². The summed E-state index contributed by atoms with van der Waals surface area (Å²) in [6.07, 6.45) is 2.33. The highest BCUT2D eigenvalue weighted by Crippen LogP contribution is 2.39. The average molecular weight is 410 g/mol. The second-order valence-electron chi connectivity index (χ2n) is 7.05. The zero-order valence-electron chi connectivity index (χ0n) is 16.6. The first-order chi connectivity index (χ1) is 14.0. The summed E-state index contributed by atoms with van der Waals surface area (Å²) in [6, 6.07) is 9.37. The van der Waals surface area contributed by atoms with Crippen LogP contribution in [0.25, 0.3) is 5.69 Å². The molecular weight excluding hydrogens is 388 g/mol. The number of methoxy groups -OCH3 is 1. The quantitative estimate of drug-likeness (QED) is 0.530. The SMILES string of the molecule is COC(=O)c1c(/N=C/c2c(C)[nH]n(-c3ccccc3)c2=O)sc2c1CCN(C)C2. The third kappa shape index (κ3) is 3.56. The van der Waals surface area contributed by atoms with E-state index in [0.29, 0.717) is 21.8 Å². The van der Waals surface area contributed by atoms with Gasteiger partial charge in [0.1, 0.15) is 5.00 Å². The lowest BCUT2D eigenvalue weighted by Crippen LogP contribution is -2.26. The average Bonchev–Trinajstić information content (AvgIpc) is 3.22. The van der Waals surface area contributed by atoms with E-state index in [2.05, 4.69) is 22.0 Å². The van der Waals surface area contributed by atoms with Crippen LogP contribution < -0.4 is 5.56 Å². The molecule has 0 aliphatic carbocycles. The minimum atomic E-state index is -0.383. The number of aromatic amines is 1. The number of thiophene rings is 1. The van der Waals surface area contributed by atoms with E-state index >= 15 is 0 Å². The van der Waals surface area contributed by atoms with E-state index in [1.54, 1.807) is 6.21 Å². The van der Waals surface area contributed by atoms with Gasteiger partial charge in [-0.3, -0.25) is 9.89 Å². The van der Waals surface area contributed by atoms with Crippen molar-refractivity contribution in [3.63, 3.8) is 0 Å². The molecule has 7 nitrogen and oxygen atoms in total. The topological polar surface area (TPSA) is 79.7 Å². The van der Waals surface area contributed by atoms with E-state index in [9.17, 15) is 9.59 Å². The van der Waals surface area contributed by atoms with Gasteiger partial charge in [-0.2, -0.15) is 0 Å². The van der Waals surface area contributed by atoms with Crippen molar-refractivity contribution in [3.05, 3.63) is 67.9 Å². The number of hydrogen-bond acceptors (Lipinski definition) is 6. The van der Waals surface area contributed by atoms with Crippen LogP contribution in [0.1, 0.15) is 32.1 Å². The minimum Gasteiger partial charge on any atom is -0.465 e. The van der Waals surface area contributed by atoms with Gasteiger partial charge in [0.15, 0.2) is 0 Å². The molecule has 0 spiro atoms. The molecule has 0 amide bonds. The Bertz CT molecular complexity index is 1140. The molecular formula is C21H22N4O3S. The van der Waals surface area contributed by atoms with Crippen LogP contribution in [0, 0.1) is 6.92 Å². The summed E-state index contributed by atoms with van der Waals surface area (Å²) < 4.78 is 6.49. The first-order valence-corrected chi connectivity index (χ1v) is 10.1. The molecule has 0 fully saturated rings. The van der Waals surface area contributed by atoms with Crippen LogP contribution in [-0.2, 0) is 17.7 Å². The lowest BCUT2D eigenvalue weighted by molar-refractivity contribution is 0.0600. The Balaban J connectivity index is 1.75. The Labute approximate surface area is 172 Å². The highest BCUT2D eigenvalue weighted by molar-refractivity contribution is 7.16. The van der Waals surface area contributed by atoms with E-state index in [1.807, 2.05) is 37.3 Å². The van der Waals surface area contributed by atoms with Crippen molar-refractivity contribution < 1.29 is 9.53 Å². The van der Waals surface area contributed by atoms with E-state index in [-0.39, 0.29) is 11.5 Å². The monoisotopic (exact) mass is 410 g/mol. The van der Waals surface area contributed by atoms with Crippen LogP contribution in [0.3, 0.4) is 0 Å². The predicted octanol–water partition coefficient (Wildman–Crippen LogP) is 3.06. The molecule has 1 N–H and O–H groups in total. The molecule has 2 aromatic heterocycles. The number of aryl methyl sites for hydroxylation is 1. The fraction of sp³-hybridized carbons (Fsp3) is 0.286. The number of likely N-dealkylation sites (N-methyl/N-ethyl adjacent to an activating group) is 1. The normalized spacial score (nSPS) is 14.3. The zero-order valence-corrected chi connectivity index (χ0v) is 17.4. The summed E-state index contributed by atoms with van der Waals surface area (Å²) in [5, 5.41) is 3.67. The number of carbonyl (C=O) groups excluding carboxylic acids is 1. The van der Waals surface area contributed by atoms with Gasteiger partial charge in [-0.15, -0.1) is 11.3 Å². The number of rotatable bonds is 4. The Hall–Kier alpha value is -2.97. The summed E-state index contributed by atoms with van der Waals surface area (Å²) in [6.45, 7) is 3.50. The smallest absolute Gasteiger partial charge is 0.341 e. The number of para-hydroxylation sites is 1. The summed E-state index contributed by atoms with van der Waals surface area (Å²) in [4.78, 5) is 33.2. The number of ether oxygens (including phenoxy) is 1. The highest BCUT2D eigenvalue weighted by Gasteiger charge is 2.27. The second-order valence-corrected chi connectivity index (χ2v) is 8.13. The van der Waals surface area contributed by atoms with Crippen molar-refractivity contribution in [1.82, 2.24) is 14.7 Å². The maximum atomic E-state index is 12.9. The zero-order chi connectivity index (χ0) is 20.5. The third-order valence-electron chi connectivity index (χ3n) is 5.06. The van der Waals surface area contributed by atoms with Crippen molar-refractivity contribution in [2.24, 2.45) is 4.99 Å². The lowest BCUT2D eigenvalue weighted by atomic mass is 10.0. The second kappa shape index (κ2) is 7.81. The standard InChI is InChI=1S/C21H22N4O3S/c1-13-16(20(26)25(23-13)14-7-5-4-6-8-14)11-22-19-18(21(27)28-3)15-9-10-24(2)12-17(15)29-19/h4-8,11,23H,9-10,12H2,1-3H3/b22-11+. The largest absolute Gasteiger partial charge is 0.465 e. The van der Waals surface area contributed by atoms with Crippen LogP contribution >= 0.6 is 11.3 Å². The van der Waals surface area contributed by atoms with Crippen molar-refractivity contribution in [2.75, 3.05) is 20.7 Å². The fourth-order valence-electron chi connectivity index (χ4n) is 3.51. The maximum Gasteiger partial charge on any atom is 0.341 e. The molecule has 0 unspecified atom stereocenters. The Kier molecular flexibility index (Phi) is 5.21. The van der Waals surface area contributed by atoms with E-state index in [0.717, 1.165) is 35.6 Å².